The minimum absolute atomic E-state index is 0.000763. The number of nitrogens with one attached hydrogen (secondary N) is 3. The summed E-state index contributed by atoms with van der Waals surface area (Å²) in [4.78, 5) is 27.1. The highest BCUT2D eigenvalue weighted by molar-refractivity contribution is 5.86. The van der Waals surface area contributed by atoms with Crippen molar-refractivity contribution in [3.63, 3.8) is 0 Å². The summed E-state index contributed by atoms with van der Waals surface area (Å²) in [6, 6.07) is 6.24. The first-order chi connectivity index (χ1) is 18.9. The third kappa shape index (κ3) is 11.4. The van der Waals surface area contributed by atoms with Crippen LogP contribution in [0, 0.1) is 17.7 Å². The van der Waals surface area contributed by atoms with Gasteiger partial charge in [-0.2, -0.15) is 0 Å². The molecule has 3 rings (SSSR count). The smallest absolute Gasteiger partial charge is 0.239 e. The highest BCUT2D eigenvalue weighted by Gasteiger charge is 2.37. The van der Waals surface area contributed by atoms with Crippen molar-refractivity contribution in [2.24, 2.45) is 11.8 Å². The maximum absolute atomic E-state index is 13.2. The normalized spacial score (nSPS) is 18.3. The topological polar surface area (TPSA) is 82.7 Å². The number of hydrogen-bond acceptors (Lipinski definition) is 5. The van der Waals surface area contributed by atoms with Gasteiger partial charge in [-0.3, -0.25) is 9.59 Å². The molecule has 3 N–H and O–H groups in total. The average molecular weight is 541 g/mol. The number of amides is 2. The van der Waals surface area contributed by atoms with Gasteiger partial charge in [-0.25, -0.2) is 4.39 Å². The van der Waals surface area contributed by atoms with E-state index in [1.807, 2.05) is 20.0 Å². The highest BCUT2D eigenvalue weighted by atomic mass is 19.1. The number of likely N-dealkylation sites (N-methyl/N-ethyl adjacent to an activating group) is 1. The summed E-state index contributed by atoms with van der Waals surface area (Å²) in [5.41, 5.74) is 2.23. The molecule has 0 saturated heterocycles. The summed E-state index contributed by atoms with van der Waals surface area (Å²) in [7, 11) is 3.66. The van der Waals surface area contributed by atoms with E-state index in [2.05, 4.69) is 40.3 Å². The van der Waals surface area contributed by atoms with Gasteiger partial charge in [0.2, 0.25) is 11.8 Å². The van der Waals surface area contributed by atoms with Crippen molar-refractivity contribution in [3.8, 4) is 0 Å². The van der Waals surface area contributed by atoms with Gasteiger partial charge in [-0.05, 0) is 87.9 Å². The van der Waals surface area contributed by atoms with Gasteiger partial charge in [-0.1, -0.05) is 36.4 Å². The molecule has 0 spiro atoms. The molecule has 8 heteroatoms. The number of rotatable bonds is 17. The van der Waals surface area contributed by atoms with Crippen LogP contribution in [0.4, 0.5) is 4.39 Å². The minimum Gasteiger partial charge on any atom is -0.366 e. The van der Waals surface area contributed by atoms with Crippen LogP contribution >= 0.6 is 0 Å². The predicted molar refractivity (Wildman–Crippen MR) is 154 cm³/mol. The molecule has 0 aliphatic heterocycles. The molecule has 0 bridgehead atoms. The lowest BCUT2D eigenvalue weighted by atomic mass is 10.0. The third-order valence-electron chi connectivity index (χ3n) is 7.09. The van der Waals surface area contributed by atoms with Crippen molar-refractivity contribution in [1.29, 1.82) is 0 Å². The van der Waals surface area contributed by atoms with Crippen LogP contribution in [0.15, 0.2) is 60.2 Å². The monoisotopic (exact) mass is 540 g/mol. The molecule has 0 heterocycles. The number of halogens is 1. The maximum atomic E-state index is 13.2. The van der Waals surface area contributed by atoms with Crippen LogP contribution in [-0.4, -0.2) is 75.7 Å². The molecule has 39 heavy (non-hydrogen) atoms. The first kappa shape index (κ1) is 30.7. The Hall–Kier alpha value is -2.81. The quantitative estimate of drug-likeness (QED) is 0.264. The lowest BCUT2D eigenvalue weighted by molar-refractivity contribution is -0.138. The van der Waals surface area contributed by atoms with Gasteiger partial charge in [0.25, 0.3) is 0 Å². The number of nitrogens with zero attached hydrogens (tertiary/aromatic N) is 1. The third-order valence-corrected chi connectivity index (χ3v) is 7.09. The Bertz CT molecular complexity index is 1000. The molecule has 214 valence electrons. The van der Waals surface area contributed by atoms with E-state index < -0.39 is 0 Å². The molecule has 7 nitrogen and oxygen atoms in total. The second-order valence-corrected chi connectivity index (χ2v) is 10.6. The van der Waals surface area contributed by atoms with E-state index in [0.29, 0.717) is 32.0 Å². The summed E-state index contributed by atoms with van der Waals surface area (Å²) in [6.45, 7) is 4.71. The molecule has 3 atom stereocenters. The summed E-state index contributed by atoms with van der Waals surface area (Å²) in [6.07, 6.45) is 15.2. The number of carbonyl (C=O) groups excluding carboxylic acids is 2. The Labute approximate surface area is 232 Å². The Morgan fingerprint density at radius 2 is 1.87 bits per heavy atom. The maximum Gasteiger partial charge on any atom is 0.239 e. The van der Waals surface area contributed by atoms with E-state index in [4.69, 9.17) is 4.74 Å². The first-order valence-corrected chi connectivity index (χ1v) is 14.2. The molecule has 1 saturated carbocycles. The number of benzene rings is 1. The Morgan fingerprint density at radius 1 is 1.10 bits per heavy atom. The highest BCUT2D eigenvalue weighted by Crippen LogP contribution is 2.37. The van der Waals surface area contributed by atoms with E-state index in [1.54, 1.807) is 19.2 Å². The minimum atomic E-state index is -0.277. The van der Waals surface area contributed by atoms with Crippen molar-refractivity contribution in [2.75, 3.05) is 46.8 Å². The fourth-order valence-electron chi connectivity index (χ4n) is 4.74. The molecular formula is C31H45FN4O3. The number of allylic oxidation sites excluding steroid dienone is 4. The SMILES string of the molecule is CNCCCC1=CC(O[C@H](C)CNCC(C(=O)N(C)CC(=O)NCCc2ccc(F)cc2)C2CC2)C=CC=C1. The Morgan fingerprint density at radius 3 is 2.59 bits per heavy atom. The van der Waals surface area contributed by atoms with E-state index in [0.717, 1.165) is 37.8 Å². The molecule has 2 aliphatic carbocycles. The van der Waals surface area contributed by atoms with Crippen LogP contribution in [0.1, 0.15) is 38.2 Å². The number of carbonyl (C=O) groups is 2. The van der Waals surface area contributed by atoms with Crippen molar-refractivity contribution in [3.05, 3.63) is 71.6 Å². The predicted octanol–water partition coefficient (Wildman–Crippen LogP) is 3.38. The fraction of sp³-hybridized carbons (Fsp3) is 0.548. The summed E-state index contributed by atoms with van der Waals surface area (Å²) >= 11 is 0. The van der Waals surface area contributed by atoms with Gasteiger partial charge < -0.3 is 25.6 Å². The van der Waals surface area contributed by atoms with Crippen LogP contribution in [-0.2, 0) is 20.7 Å². The van der Waals surface area contributed by atoms with Crippen LogP contribution in [0.2, 0.25) is 0 Å². The van der Waals surface area contributed by atoms with Crippen molar-refractivity contribution >= 4 is 11.8 Å². The standard InChI is InChI=1S/C31H45FN4O3/c1-23(39-28-9-5-4-7-25(19-28)8-6-17-33-2)20-34-21-29(26-12-13-26)31(38)36(3)22-30(37)35-18-16-24-10-14-27(32)15-11-24/h4-5,7,9-11,14-15,19,23,26,28-29,33-34H,6,8,12-13,16-18,20-22H2,1-3H3,(H,35,37)/t23-,28?,29?/m1/s1. The second-order valence-electron chi connectivity index (χ2n) is 10.6. The van der Waals surface area contributed by atoms with Gasteiger partial charge in [0.1, 0.15) is 5.82 Å². The lowest BCUT2D eigenvalue weighted by Gasteiger charge is -2.25. The van der Waals surface area contributed by atoms with Crippen molar-refractivity contribution in [2.45, 2.75) is 51.2 Å². The molecule has 0 aromatic heterocycles. The van der Waals surface area contributed by atoms with Crippen LogP contribution in [0.5, 0.6) is 0 Å². The lowest BCUT2D eigenvalue weighted by Crippen LogP contribution is -2.45. The fourth-order valence-corrected chi connectivity index (χ4v) is 4.74. The Kier molecular flexibility index (Phi) is 12.9. The van der Waals surface area contributed by atoms with Gasteiger partial charge >= 0.3 is 0 Å². The first-order valence-electron chi connectivity index (χ1n) is 14.2. The summed E-state index contributed by atoms with van der Waals surface area (Å²) in [5, 5.41) is 9.49. The molecule has 2 aliphatic rings. The molecule has 2 amide bonds. The van der Waals surface area contributed by atoms with Gasteiger partial charge in [0.05, 0.1) is 24.7 Å². The van der Waals surface area contributed by atoms with Crippen LogP contribution < -0.4 is 16.0 Å². The van der Waals surface area contributed by atoms with E-state index >= 15 is 0 Å². The number of hydrogen-bond donors (Lipinski definition) is 3. The molecule has 1 fully saturated rings. The zero-order chi connectivity index (χ0) is 28.0. The zero-order valence-corrected chi connectivity index (χ0v) is 23.6. The molecule has 1 aromatic carbocycles. The second kappa shape index (κ2) is 16.3. The van der Waals surface area contributed by atoms with Gasteiger partial charge in [-0.15, -0.1) is 0 Å². The average Bonchev–Trinajstić information content (AvgIpc) is 3.76. The molecular weight excluding hydrogens is 495 g/mol. The van der Waals surface area contributed by atoms with Gasteiger partial charge in [0.15, 0.2) is 0 Å². The summed E-state index contributed by atoms with van der Waals surface area (Å²) in [5.74, 6) is -0.249. The van der Waals surface area contributed by atoms with E-state index in [-0.39, 0.29) is 42.3 Å². The van der Waals surface area contributed by atoms with Crippen molar-refractivity contribution < 1.29 is 18.7 Å². The van der Waals surface area contributed by atoms with Crippen LogP contribution in [0.25, 0.3) is 0 Å². The zero-order valence-electron chi connectivity index (χ0n) is 23.6. The molecule has 0 radical (unpaired) electrons. The van der Waals surface area contributed by atoms with Crippen molar-refractivity contribution in [1.82, 2.24) is 20.9 Å². The largest absolute Gasteiger partial charge is 0.366 e. The molecule has 2 unspecified atom stereocenters. The van der Waals surface area contributed by atoms with Crippen LogP contribution in [0.3, 0.4) is 0 Å². The summed E-state index contributed by atoms with van der Waals surface area (Å²) < 4.78 is 19.3. The number of ether oxygens (including phenoxy) is 1. The van der Waals surface area contributed by atoms with E-state index in [1.165, 1.54) is 22.6 Å². The Balaban J connectivity index is 1.38. The van der Waals surface area contributed by atoms with E-state index in [9.17, 15) is 14.0 Å². The van der Waals surface area contributed by atoms with Gasteiger partial charge in [0, 0.05) is 26.7 Å². The molecule has 1 aromatic rings.